The van der Waals surface area contributed by atoms with Crippen molar-refractivity contribution in [3.05, 3.63) is 21.6 Å². The minimum atomic E-state index is -3.76. The molecule has 25 heavy (non-hydrogen) atoms. The molecule has 0 saturated carbocycles. The van der Waals surface area contributed by atoms with Gasteiger partial charge in [0.25, 0.3) is 0 Å². The standard InChI is InChI=1S/C16H24BrClN2O4S/c1-11(2)14(20-4-6-24-7-5-20)10-19-25(21,22)15-9-12(18)8-13(17)16(15)23-3/h8-9,11,14,19H,4-7,10H2,1-3H3. The van der Waals surface area contributed by atoms with Gasteiger partial charge in [-0.1, -0.05) is 25.4 Å². The summed E-state index contributed by atoms with van der Waals surface area (Å²) in [7, 11) is -2.33. The Kier molecular flexibility index (Phi) is 7.54. The molecule has 1 N–H and O–H groups in total. The van der Waals surface area contributed by atoms with Crippen LogP contribution in [0.4, 0.5) is 0 Å². The van der Waals surface area contributed by atoms with Crippen LogP contribution in [0.3, 0.4) is 0 Å². The van der Waals surface area contributed by atoms with Crippen LogP contribution in [0.15, 0.2) is 21.5 Å². The summed E-state index contributed by atoms with van der Waals surface area (Å²) in [5, 5.41) is 0.321. The number of rotatable bonds is 7. The van der Waals surface area contributed by atoms with Crippen molar-refractivity contribution in [1.29, 1.82) is 0 Å². The number of methoxy groups -OCH3 is 1. The van der Waals surface area contributed by atoms with Crippen molar-refractivity contribution in [2.45, 2.75) is 24.8 Å². The lowest BCUT2D eigenvalue weighted by Gasteiger charge is -2.36. The number of benzene rings is 1. The quantitative estimate of drug-likeness (QED) is 0.685. The third kappa shape index (κ3) is 5.30. The zero-order chi connectivity index (χ0) is 18.6. The number of morpholine rings is 1. The molecule has 0 bridgehead atoms. The largest absolute Gasteiger partial charge is 0.494 e. The summed E-state index contributed by atoms with van der Waals surface area (Å²) < 4.78 is 39.5. The van der Waals surface area contributed by atoms with Crippen LogP contribution in [0.25, 0.3) is 0 Å². The summed E-state index contributed by atoms with van der Waals surface area (Å²) >= 11 is 9.31. The molecule has 1 aliphatic rings. The molecule has 1 aliphatic heterocycles. The first kappa shape index (κ1) is 20.9. The molecule has 1 saturated heterocycles. The number of sulfonamides is 1. The van der Waals surface area contributed by atoms with Gasteiger partial charge in [-0.2, -0.15) is 0 Å². The first-order valence-electron chi connectivity index (χ1n) is 8.10. The lowest BCUT2D eigenvalue weighted by Crippen LogP contribution is -2.51. The molecule has 0 amide bonds. The number of ether oxygens (including phenoxy) is 2. The van der Waals surface area contributed by atoms with Crippen molar-refractivity contribution in [2.75, 3.05) is 40.0 Å². The molecule has 1 unspecified atom stereocenters. The highest BCUT2D eigenvalue weighted by molar-refractivity contribution is 9.10. The summed E-state index contributed by atoms with van der Waals surface area (Å²) in [6, 6.07) is 3.09. The predicted octanol–water partition coefficient (Wildman–Crippen LogP) is 2.75. The van der Waals surface area contributed by atoms with Gasteiger partial charge in [0.05, 0.1) is 24.8 Å². The molecule has 0 radical (unpaired) electrons. The van der Waals surface area contributed by atoms with Crippen molar-refractivity contribution in [3.8, 4) is 5.75 Å². The van der Waals surface area contributed by atoms with Gasteiger partial charge in [0.15, 0.2) is 5.75 Å². The highest BCUT2D eigenvalue weighted by Gasteiger charge is 2.28. The second kappa shape index (κ2) is 9.01. The Bertz CT molecular complexity index is 694. The molecule has 1 aromatic rings. The Balaban J connectivity index is 2.20. The third-order valence-electron chi connectivity index (χ3n) is 4.23. The van der Waals surface area contributed by atoms with Crippen molar-refractivity contribution in [1.82, 2.24) is 9.62 Å². The van der Waals surface area contributed by atoms with Crippen molar-refractivity contribution in [3.63, 3.8) is 0 Å². The molecule has 0 aliphatic carbocycles. The summed E-state index contributed by atoms with van der Waals surface area (Å²) in [5.41, 5.74) is 0. The fraction of sp³-hybridized carbons (Fsp3) is 0.625. The highest BCUT2D eigenvalue weighted by Crippen LogP contribution is 2.35. The minimum Gasteiger partial charge on any atom is -0.494 e. The van der Waals surface area contributed by atoms with Crippen molar-refractivity contribution in [2.24, 2.45) is 5.92 Å². The minimum absolute atomic E-state index is 0.0267. The Morgan fingerprint density at radius 3 is 2.56 bits per heavy atom. The van der Waals surface area contributed by atoms with E-state index in [1.54, 1.807) is 6.07 Å². The molecule has 2 rings (SSSR count). The molecule has 0 aromatic heterocycles. The van der Waals surface area contributed by atoms with Crippen LogP contribution in [0, 0.1) is 5.92 Å². The number of hydrogen-bond donors (Lipinski definition) is 1. The topological polar surface area (TPSA) is 67.9 Å². The van der Waals surface area contributed by atoms with E-state index in [4.69, 9.17) is 21.1 Å². The van der Waals surface area contributed by atoms with Crippen LogP contribution in [0.2, 0.25) is 5.02 Å². The van der Waals surface area contributed by atoms with Crippen LogP contribution in [0.5, 0.6) is 5.75 Å². The Morgan fingerprint density at radius 2 is 2.00 bits per heavy atom. The third-order valence-corrected chi connectivity index (χ3v) is 6.47. The molecule has 9 heteroatoms. The lowest BCUT2D eigenvalue weighted by molar-refractivity contribution is 0.00776. The first-order chi connectivity index (χ1) is 11.8. The maximum absolute atomic E-state index is 12.8. The predicted molar refractivity (Wildman–Crippen MR) is 102 cm³/mol. The van der Waals surface area contributed by atoms with E-state index in [1.807, 2.05) is 0 Å². The molecule has 1 heterocycles. The normalized spacial score (nSPS) is 17.7. The zero-order valence-corrected chi connectivity index (χ0v) is 17.7. The SMILES string of the molecule is COc1c(Br)cc(Cl)cc1S(=O)(=O)NCC(C(C)C)N1CCOCC1. The molecule has 142 valence electrons. The lowest BCUT2D eigenvalue weighted by atomic mass is 10.0. The van der Waals surface area contributed by atoms with Crippen LogP contribution in [-0.2, 0) is 14.8 Å². The zero-order valence-electron chi connectivity index (χ0n) is 14.6. The highest BCUT2D eigenvalue weighted by atomic mass is 79.9. The molecule has 1 fully saturated rings. The Labute approximate surface area is 163 Å². The van der Waals surface area contributed by atoms with Crippen LogP contribution in [-0.4, -0.2) is 59.3 Å². The van der Waals surface area contributed by atoms with Gasteiger partial charge in [-0.05, 0) is 34.0 Å². The van der Waals surface area contributed by atoms with Gasteiger partial charge in [-0.15, -0.1) is 0 Å². The molecular weight excluding hydrogens is 432 g/mol. The van der Waals surface area contributed by atoms with E-state index >= 15 is 0 Å². The van der Waals surface area contributed by atoms with E-state index in [-0.39, 0.29) is 16.7 Å². The molecule has 1 aromatic carbocycles. The van der Waals surface area contributed by atoms with Crippen LogP contribution < -0.4 is 9.46 Å². The molecule has 6 nitrogen and oxygen atoms in total. The van der Waals surface area contributed by atoms with Crippen molar-refractivity contribution >= 4 is 37.6 Å². The van der Waals surface area contributed by atoms with Gasteiger partial charge in [-0.25, -0.2) is 13.1 Å². The van der Waals surface area contributed by atoms with Gasteiger partial charge in [0.1, 0.15) is 4.90 Å². The Hall–Kier alpha value is -0.380. The summed E-state index contributed by atoms with van der Waals surface area (Å²) in [6.45, 7) is 7.44. The first-order valence-corrected chi connectivity index (χ1v) is 10.8. The van der Waals surface area contributed by atoms with Gasteiger partial charge in [0.2, 0.25) is 10.0 Å². The smallest absolute Gasteiger partial charge is 0.244 e. The molecule has 0 spiro atoms. The average Bonchev–Trinajstić information content (AvgIpc) is 2.55. The second-order valence-electron chi connectivity index (χ2n) is 6.23. The van der Waals surface area contributed by atoms with E-state index < -0.39 is 10.0 Å². The monoisotopic (exact) mass is 454 g/mol. The maximum atomic E-state index is 12.8. The van der Waals surface area contributed by atoms with E-state index in [9.17, 15) is 8.42 Å². The number of hydrogen-bond acceptors (Lipinski definition) is 5. The number of halogens is 2. The van der Waals surface area contributed by atoms with E-state index in [1.165, 1.54) is 13.2 Å². The van der Waals surface area contributed by atoms with Gasteiger partial charge >= 0.3 is 0 Å². The fourth-order valence-electron chi connectivity index (χ4n) is 2.90. The fourth-order valence-corrected chi connectivity index (χ4v) is 5.34. The summed E-state index contributed by atoms with van der Waals surface area (Å²) in [6.07, 6.45) is 0. The van der Waals surface area contributed by atoms with E-state index in [0.29, 0.717) is 35.2 Å². The van der Waals surface area contributed by atoms with Crippen LogP contribution in [0.1, 0.15) is 13.8 Å². The summed E-state index contributed by atoms with van der Waals surface area (Å²) in [5.74, 6) is 0.540. The Morgan fingerprint density at radius 1 is 1.36 bits per heavy atom. The average molecular weight is 456 g/mol. The molecular formula is C16H24BrClN2O4S. The van der Waals surface area contributed by atoms with E-state index in [0.717, 1.165) is 13.1 Å². The second-order valence-corrected chi connectivity index (χ2v) is 9.26. The van der Waals surface area contributed by atoms with Gasteiger partial charge < -0.3 is 9.47 Å². The number of nitrogens with one attached hydrogen (secondary N) is 1. The summed E-state index contributed by atoms with van der Waals surface area (Å²) in [4.78, 5) is 2.29. The van der Waals surface area contributed by atoms with Gasteiger partial charge in [-0.3, -0.25) is 4.90 Å². The van der Waals surface area contributed by atoms with Crippen molar-refractivity contribution < 1.29 is 17.9 Å². The molecule has 1 atom stereocenters. The maximum Gasteiger partial charge on any atom is 0.244 e. The number of nitrogens with zero attached hydrogens (tertiary/aromatic N) is 1. The van der Waals surface area contributed by atoms with Gasteiger partial charge in [0, 0.05) is 30.7 Å². The van der Waals surface area contributed by atoms with E-state index in [2.05, 4.69) is 39.4 Å². The van der Waals surface area contributed by atoms with Crippen LogP contribution >= 0.6 is 27.5 Å².